The summed E-state index contributed by atoms with van der Waals surface area (Å²) in [5.74, 6) is 0.871. The lowest BCUT2D eigenvalue weighted by Crippen LogP contribution is -2.47. The van der Waals surface area contributed by atoms with Gasteiger partial charge in [-0.2, -0.15) is 0 Å². The second kappa shape index (κ2) is 7.82. The Hall–Kier alpha value is -2.83. The quantitative estimate of drug-likeness (QED) is 0.887. The number of carboxylic acids is 1. The van der Waals surface area contributed by atoms with E-state index in [9.17, 15) is 9.90 Å². The monoisotopic (exact) mass is 367 g/mol. The van der Waals surface area contributed by atoms with Gasteiger partial charge in [0.25, 0.3) is 0 Å². The van der Waals surface area contributed by atoms with Crippen LogP contribution in [0.3, 0.4) is 0 Å². The number of carboxylic acid groups (broad SMARTS) is 1. The molecule has 0 spiro atoms. The number of benzene rings is 1. The molecule has 142 valence electrons. The molecule has 27 heavy (non-hydrogen) atoms. The summed E-state index contributed by atoms with van der Waals surface area (Å²) in [5.41, 5.74) is 1.26. The number of hydrogen-bond donors (Lipinski definition) is 1. The predicted molar refractivity (Wildman–Crippen MR) is 105 cm³/mol. The summed E-state index contributed by atoms with van der Waals surface area (Å²) in [5, 5.41) is 9.21. The Morgan fingerprint density at radius 3 is 1.89 bits per heavy atom. The van der Waals surface area contributed by atoms with Gasteiger partial charge < -0.3 is 19.8 Å². The SMILES string of the molecule is O=C(O)C1CCN(c2nccnc2N2CCN(c3ccccc3)CC2)CC1. The van der Waals surface area contributed by atoms with Gasteiger partial charge in [0.05, 0.1) is 5.92 Å². The fourth-order valence-corrected chi connectivity index (χ4v) is 3.92. The highest BCUT2D eigenvalue weighted by Crippen LogP contribution is 2.29. The molecule has 2 aliphatic rings. The normalized spacial score (nSPS) is 18.6. The minimum absolute atomic E-state index is 0.240. The molecule has 2 aliphatic heterocycles. The molecule has 4 rings (SSSR count). The number of aromatic nitrogens is 2. The number of aliphatic carboxylic acids is 1. The first kappa shape index (κ1) is 17.6. The maximum atomic E-state index is 11.2. The van der Waals surface area contributed by atoms with Gasteiger partial charge in [-0.25, -0.2) is 9.97 Å². The Morgan fingerprint density at radius 2 is 1.33 bits per heavy atom. The van der Waals surface area contributed by atoms with Crippen molar-refractivity contribution in [2.24, 2.45) is 5.92 Å². The van der Waals surface area contributed by atoms with E-state index in [1.807, 2.05) is 6.07 Å². The number of para-hydroxylation sites is 1. The summed E-state index contributed by atoms with van der Waals surface area (Å²) in [6, 6.07) is 10.5. The highest BCUT2D eigenvalue weighted by molar-refractivity contribution is 5.71. The number of rotatable bonds is 4. The number of nitrogens with zero attached hydrogens (tertiary/aromatic N) is 5. The third-order valence-corrected chi connectivity index (χ3v) is 5.50. The number of piperazine rings is 1. The minimum atomic E-state index is -0.689. The molecule has 2 fully saturated rings. The van der Waals surface area contributed by atoms with Crippen LogP contribution in [0.25, 0.3) is 0 Å². The lowest BCUT2D eigenvalue weighted by molar-refractivity contribution is -0.142. The van der Waals surface area contributed by atoms with Crippen molar-refractivity contribution < 1.29 is 9.90 Å². The molecule has 0 amide bonds. The number of anilines is 3. The molecular formula is C20H25N5O2. The van der Waals surface area contributed by atoms with E-state index in [1.165, 1.54) is 5.69 Å². The summed E-state index contributed by atoms with van der Waals surface area (Å²) in [6.45, 7) is 5.11. The van der Waals surface area contributed by atoms with Crippen molar-refractivity contribution in [2.45, 2.75) is 12.8 Å². The first-order valence-electron chi connectivity index (χ1n) is 9.56. The molecule has 0 aliphatic carbocycles. The van der Waals surface area contributed by atoms with Gasteiger partial charge in [0.2, 0.25) is 0 Å². The van der Waals surface area contributed by atoms with Crippen molar-refractivity contribution in [3.05, 3.63) is 42.7 Å². The summed E-state index contributed by atoms with van der Waals surface area (Å²) < 4.78 is 0. The molecule has 0 radical (unpaired) electrons. The Morgan fingerprint density at radius 1 is 0.815 bits per heavy atom. The molecule has 0 saturated carbocycles. The Labute approximate surface area is 159 Å². The lowest BCUT2D eigenvalue weighted by Gasteiger charge is -2.39. The van der Waals surface area contributed by atoms with Crippen LogP contribution in [0.15, 0.2) is 42.7 Å². The molecule has 3 heterocycles. The van der Waals surface area contributed by atoms with Crippen molar-refractivity contribution >= 4 is 23.3 Å². The number of piperidine rings is 1. The Bertz CT molecular complexity index is 769. The molecule has 0 bridgehead atoms. The molecule has 2 saturated heterocycles. The second-order valence-electron chi connectivity index (χ2n) is 7.11. The average molecular weight is 367 g/mol. The Balaban J connectivity index is 1.44. The predicted octanol–water partition coefficient (Wildman–Crippen LogP) is 2.10. The van der Waals surface area contributed by atoms with E-state index in [4.69, 9.17) is 0 Å². The summed E-state index contributed by atoms with van der Waals surface area (Å²) in [7, 11) is 0. The van der Waals surface area contributed by atoms with Crippen LogP contribution < -0.4 is 14.7 Å². The van der Waals surface area contributed by atoms with Gasteiger partial charge in [-0.3, -0.25) is 4.79 Å². The van der Waals surface area contributed by atoms with Crippen LogP contribution in [0.1, 0.15) is 12.8 Å². The zero-order valence-corrected chi connectivity index (χ0v) is 15.4. The van der Waals surface area contributed by atoms with Crippen molar-refractivity contribution in [3.63, 3.8) is 0 Å². The lowest BCUT2D eigenvalue weighted by atomic mass is 9.97. The smallest absolute Gasteiger partial charge is 0.306 e. The van der Waals surface area contributed by atoms with Gasteiger partial charge in [0.15, 0.2) is 11.6 Å². The van der Waals surface area contributed by atoms with E-state index in [0.29, 0.717) is 25.9 Å². The van der Waals surface area contributed by atoms with Crippen LogP contribution >= 0.6 is 0 Å². The highest BCUT2D eigenvalue weighted by atomic mass is 16.4. The van der Waals surface area contributed by atoms with Crippen LogP contribution in [0, 0.1) is 5.92 Å². The van der Waals surface area contributed by atoms with Gasteiger partial charge >= 0.3 is 5.97 Å². The zero-order valence-electron chi connectivity index (χ0n) is 15.4. The van der Waals surface area contributed by atoms with E-state index >= 15 is 0 Å². The molecule has 7 nitrogen and oxygen atoms in total. The van der Waals surface area contributed by atoms with Crippen LogP contribution in [0.5, 0.6) is 0 Å². The summed E-state index contributed by atoms with van der Waals surface area (Å²) in [4.78, 5) is 27.3. The summed E-state index contributed by atoms with van der Waals surface area (Å²) in [6.07, 6.45) is 4.79. The third-order valence-electron chi connectivity index (χ3n) is 5.50. The molecule has 2 aromatic rings. The number of hydrogen-bond acceptors (Lipinski definition) is 6. The van der Waals surface area contributed by atoms with E-state index in [2.05, 4.69) is 48.9 Å². The van der Waals surface area contributed by atoms with Crippen molar-refractivity contribution in [1.29, 1.82) is 0 Å². The fourth-order valence-electron chi connectivity index (χ4n) is 3.92. The van der Waals surface area contributed by atoms with Gasteiger partial charge in [-0.05, 0) is 25.0 Å². The molecule has 1 aromatic carbocycles. The van der Waals surface area contributed by atoms with E-state index in [0.717, 1.165) is 37.8 Å². The van der Waals surface area contributed by atoms with Crippen molar-refractivity contribution in [3.8, 4) is 0 Å². The number of carbonyl (C=O) groups is 1. The highest BCUT2D eigenvalue weighted by Gasteiger charge is 2.28. The standard InChI is InChI=1S/C20H25N5O2/c26-20(27)16-6-10-24(11-7-16)18-19(22-9-8-21-18)25-14-12-23(13-15-25)17-4-2-1-3-5-17/h1-5,8-9,16H,6-7,10-15H2,(H,26,27). The van der Waals surface area contributed by atoms with Crippen LogP contribution in [0.2, 0.25) is 0 Å². The van der Waals surface area contributed by atoms with Crippen LogP contribution in [-0.2, 0) is 4.79 Å². The van der Waals surface area contributed by atoms with Crippen molar-refractivity contribution in [1.82, 2.24) is 9.97 Å². The van der Waals surface area contributed by atoms with E-state index in [1.54, 1.807) is 12.4 Å². The maximum absolute atomic E-state index is 11.2. The zero-order chi connectivity index (χ0) is 18.6. The first-order valence-corrected chi connectivity index (χ1v) is 9.56. The largest absolute Gasteiger partial charge is 0.481 e. The summed E-state index contributed by atoms with van der Waals surface area (Å²) >= 11 is 0. The van der Waals surface area contributed by atoms with Crippen LogP contribution in [0.4, 0.5) is 17.3 Å². The van der Waals surface area contributed by atoms with Gasteiger partial charge in [0.1, 0.15) is 0 Å². The van der Waals surface area contributed by atoms with Gasteiger partial charge in [-0.15, -0.1) is 0 Å². The molecule has 0 atom stereocenters. The van der Waals surface area contributed by atoms with Gasteiger partial charge in [0, 0.05) is 57.3 Å². The fraction of sp³-hybridized carbons (Fsp3) is 0.450. The van der Waals surface area contributed by atoms with E-state index < -0.39 is 5.97 Å². The third kappa shape index (κ3) is 3.82. The van der Waals surface area contributed by atoms with Crippen molar-refractivity contribution in [2.75, 3.05) is 54.0 Å². The van der Waals surface area contributed by atoms with Crippen LogP contribution in [-0.4, -0.2) is 60.3 Å². The molecule has 7 heteroatoms. The Kier molecular flexibility index (Phi) is 5.09. The topological polar surface area (TPSA) is 72.8 Å². The second-order valence-corrected chi connectivity index (χ2v) is 7.11. The maximum Gasteiger partial charge on any atom is 0.306 e. The molecule has 1 aromatic heterocycles. The van der Waals surface area contributed by atoms with Gasteiger partial charge in [-0.1, -0.05) is 18.2 Å². The molecule has 1 N–H and O–H groups in total. The molecule has 0 unspecified atom stereocenters. The first-order chi connectivity index (χ1) is 13.2. The molecular weight excluding hydrogens is 342 g/mol. The average Bonchev–Trinajstić information content (AvgIpc) is 2.74. The van der Waals surface area contributed by atoms with E-state index in [-0.39, 0.29) is 5.92 Å². The minimum Gasteiger partial charge on any atom is -0.481 e.